The number of primary amides is 1. The number of nitrogens with two attached hydrogens (primary N) is 1. The molecular weight excluding hydrogens is 368 g/mol. The molecule has 7 nitrogen and oxygen atoms in total. The molecule has 1 aromatic heterocycles. The average Bonchev–Trinajstić information content (AvgIpc) is 3.26. The van der Waals surface area contributed by atoms with Gasteiger partial charge in [-0.3, -0.25) is 19.1 Å². The lowest BCUT2D eigenvalue weighted by Gasteiger charge is -2.16. The number of Topliss-reactive ketones (excluding diaryl/α,β-unsaturated/α-hetero) is 1. The number of likely N-dealkylation sites (tertiary alicyclic amines) is 1. The highest BCUT2D eigenvalue weighted by Crippen LogP contribution is 2.34. The zero-order valence-corrected chi connectivity index (χ0v) is 17.4. The lowest BCUT2D eigenvalue weighted by molar-refractivity contribution is -0.130. The first-order chi connectivity index (χ1) is 13.7. The third-order valence-electron chi connectivity index (χ3n) is 5.97. The van der Waals surface area contributed by atoms with Crippen molar-refractivity contribution in [3.63, 3.8) is 0 Å². The number of hydrogen-bond donors (Lipinski definition) is 1. The quantitative estimate of drug-likeness (QED) is 0.756. The van der Waals surface area contributed by atoms with Crippen LogP contribution in [0, 0.1) is 26.7 Å². The predicted octanol–water partition coefficient (Wildman–Crippen LogP) is 2.04. The number of benzene rings is 1. The van der Waals surface area contributed by atoms with E-state index in [1.54, 1.807) is 15.8 Å². The fourth-order valence-corrected chi connectivity index (χ4v) is 4.04. The lowest BCUT2D eigenvalue weighted by Crippen LogP contribution is -2.32. The minimum absolute atomic E-state index is 0.0372. The van der Waals surface area contributed by atoms with Crippen LogP contribution in [0.3, 0.4) is 0 Å². The van der Waals surface area contributed by atoms with Crippen LogP contribution in [0.1, 0.15) is 51.5 Å². The van der Waals surface area contributed by atoms with E-state index in [4.69, 9.17) is 5.73 Å². The van der Waals surface area contributed by atoms with Gasteiger partial charge in [0.25, 0.3) is 0 Å². The maximum Gasteiger partial charge on any atom is 0.223 e. The molecule has 0 unspecified atom stereocenters. The van der Waals surface area contributed by atoms with Crippen LogP contribution in [0.4, 0.5) is 0 Å². The Hall–Kier alpha value is -2.96. The Morgan fingerprint density at radius 1 is 1.14 bits per heavy atom. The summed E-state index contributed by atoms with van der Waals surface area (Å²) in [6.45, 7) is 6.47. The molecule has 2 atom stereocenters. The summed E-state index contributed by atoms with van der Waals surface area (Å²) in [5.41, 5.74) is 10.1. The van der Waals surface area contributed by atoms with Gasteiger partial charge in [-0.05, 0) is 38.0 Å². The van der Waals surface area contributed by atoms with Gasteiger partial charge in [-0.15, -0.1) is 0 Å². The summed E-state index contributed by atoms with van der Waals surface area (Å²) in [5.74, 6) is -1.19. The van der Waals surface area contributed by atoms with E-state index in [1.165, 1.54) is 0 Å². The second kappa shape index (κ2) is 8.19. The van der Waals surface area contributed by atoms with Gasteiger partial charge in [0.15, 0.2) is 5.78 Å². The Morgan fingerprint density at radius 2 is 1.86 bits per heavy atom. The maximum absolute atomic E-state index is 12.8. The molecule has 1 fully saturated rings. The molecule has 2 N–H and O–H groups in total. The zero-order chi connectivity index (χ0) is 21.3. The summed E-state index contributed by atoms with van der Waals surface area (Å²) in [6, 6.07) is 5.75. The van der Waals surface area contributed by atoms with Crippen molar-refractivity contribution >= 4 is 17.6 Å². The zero-order valence-electron chi connectivity index (χ0n) is 17.4. The average molecular weight is 396 g/mol. The van der Waals surface area contributed by atoms with E-state index in [0.717, 1.165) is 22.4 Å². The van der Waals surface area contributed by atoms with Crippen LogP contribution in [-0.2, 0) is 16.6 Å². The van der Waals surface area contributed by atoms with Crippen LogP contribution in [-0.4, -0.2) is 45.4 Å². The number of carbonyl (C=O) groups excluding carboxylic acids is 3. The van der Waals surface area contributed by atoms with Crippen molar-refractivity contribution in [2.75, 3.05) is 13.1 Å². The first kappa shape index (κ1) is 20.8. The minimum Gasteiger partial charge on any atom is -0.369 e. The molecular formula is C22H28N4O3. The molecule has 2 amide bonds. The number of amides is 2. The second-order valence-corrected chi connectivity index (χ2v) is 7.96. The van der Waals surface area contributed by atoms with Gasteiger partial charge in [-0.2, -0.15) is 5.10 Å². The van der Waals surface area contributed by atoms with E-state index in [9.17, 15) is 14.4 Å². The molecule has 0 aliphatic carbocycles. The highest BCUT2D eigenvalue weighted by molar-refractivity contribution is 5.99. The largest absolute Gasteiger partial charge is 0.369 e. The molecule has 1 aromatic carbocycles. The van der Waals surface area contributed by atoms with Crippen LogP contribution >= 0.6 is 0 Å². The number of aryl methyl sites for hydroxylation is 3. The molecule has 1 aliphatic rings. The summed E-state index contributed by atoms with van der Waals surface area (Å²) < 4.78 is 1.75. The van der Waals surface area contributed by atoms with Crippen molar-refractivity contribution in [3.05, 3.63) is 52.3 Å². The van der Waals surface area contributed by atoms with Crippen LogP contribution < -0.4 is 5.73 Å². The Bertz CT molecular complexity index is 963. The van der Waals surface area contributed by atoms with Gasteiger partial charge in [0.05, 0.1) is 12.1 Å². The van der Waals surface area contributed by atoms with Gasteiger partial charge in [-0.25, -0.2) is 0 Å². The SMILES string of the molecule is Cc1ccc(C)c(C(=O)CCC(=O)N2C[C@@H](C(N)=O)[C@H](c3cnn(C)c3C)C2)c1. The summed E-state index contributed by atoms with van der Waals surface area (Å²) in [4.78, 5) is 39.0. The summed E-state index contributed by atoms with van der Waals surface area (Å²) in [7, 11) is 1.84. The first-order valence-corrected chi connectivity index (χ1v) is 9.85. The van der Waals surface area contributed by atoms with Crippen LogP contribution in [0.15, 0.2) is 24.4 Å². The molecule has 7 heteroatoms. The van der Waals surface area contributed by atoms with E-state index < -0.39 is 11.8 Å². The van der Waals surface area contributed by atoms with E-state index in [2.05, 4.69) is 5.10 Å². The second-order valence-electron chi connectivity index (χ2n) is 7.96. The first-order valence-electron chi connectivity index (χ1n) is 9.85. The summed E-state index contributed by atoms with van der Waals surface area (Å²) >= 11 is 0. The van der Waals surface area contributed by atoms with Gasteiger partial charge in [0, 0.05) is 50.2 Å². The van der Waals surface area contributed by atoms with Crippen molar-refractivity contribution < 1.29 is 14.4 Å². The fourth-order valence-electron chi connectivity index (χ4n) is 4.04. The normalized spacial score (nSPS) is 18.8. The van der Waals surface area contributed by atoms with Crippen molar-refractivity contribution in [2.45, 2.75) is 39.5 Å². The standard InChI is InChI=1S/C22H28N4O3/c1-13-5-6-14(2)16(9-13)20(27)7-8-21(28)26-11-18(19(12-26)22(23)29)17-10-24-25(4)15(17)3/h5-6,9-10,18-19H,7-8,11-12H2,1-4H3,(H2,23,29)/t18-,19+/m0/s1. The Balaban J connectivity index is 1.68. The smallest absolute Gasteiger partial charge is 0.223 e. The number of ketones is 1. The van der Waals surface area contributed by atoms with Crippen molar-refractivity contribution in [3.8, 4) is 0 Å². The third-order valence-corrected chi connectivity index (χ3v) is 5.97. The van der Waals surface area contributed by atoms with E-state index in [0.29, 0.717) is 12.1 Å². The molecule has 0 spiro atoms. The highest BCUT2D eigenvalue weighted by atomic mass is 16.2. The fraction of sp³-hybridized carbons (Fsp3) is 0.455. The van der Waals surface area contributed by atoms with Crippen molar-refractivity contribution in [1.82, 2.24) is 14.7 Å². The molecule has 2 heterocycles. The predicted molar refractivity (Wildman–Crippen MR) is 109 cm³/mol. The van der Waals surface area contributed by atoms with Gasteiger partial charge in [-0.1, -0.05) is 17.7 Å². The topological polar surface area (TPSA) is 98.3 Å². The number of nitrogens with zero attached hydrogens (tertiary/aromatic N) is 3. The summed E-state index contributed by atoms with van der Waals surface area (Å²) in [5, 5.41) is 4.25. The maximum atomic E-state index is 12.8. The molecule has 0 bridgehead atoms. The van der Waals surface area contributed by atoms with Gasteiger partial charge >= 0.3 is 0 Å². The molecule has 1 saturated heterocycles. The third kappa shape index (κ3) is 4.23. The Kier molecular flexibility index (Phi) is 5.86. The molecule has 3 rings (SSSR count). The summed E-state index contributed by atoms with van der Waals surface area (Å²) in [6.07, 6.45) is 2.02. The number of rotatable bonds is 6. The van der Waals surface area contributed by atoms with Gasteiger partial charge in [0.1, 0.15) is 0 Å². The van der Waals surface area contributed by atoms with Crippen LogP contribution in [0.2, 0.25) is 0 Å². The van der Waals surface area contributed by atoms with Crippen molar-refractivity contribution in [1.29, 1.82) is 0 Å². The monoisotopic (exact) mass is 396 g/mol. The van der Waals surface area contributed by atoms with E-state index >= 15 is 0 Å². The van der Waals surface area contributed by atoms with Crippen LogP contribution in [0.5, 0.6) is 0 Å². The molecule has 2 aromatic rings. The van der Waals surface area contributed by atoms with E-state index in [1.807, 2.05) is 46.0 Å². The van der Waals surface area contributed by atoms with Crippen molar-refractivity contribution in [2.24, 2.45) is 18.7 Å². The number of hydrogen-bond acceptors (Lipinski definition) is 4. The minimum atomic E-state index is -0.448. The number of aromatic nitrogens is 2. The molecule has 154 valence electrons. The lowest BCUT2D eigenvalue weighted by atomic mass is 9.89. The Labute approximate surface area is 170 Å². The molecule has 1 aliphatic heterocycles. The van der Waals surface area contributed by atoms with Gasteiger partial charge < -0.3 is 10.6 Å². The Morgan fingerprint density at radius 3 is 2.48 bits per heavy atom. The molecule has 0 radical (unpaired) electrons. The van der Waals surface area contributed by atoms with Gasteiger partial charge in [0.2, 0.25) is 11.8 Å². The van der Waals surface area contributed by atoms with Crippen LogP contribution in [0.25, 0.3) is 0 Å². The van der Waals surface area contributed by atoms with E-state index in [-0.39, 0.29) is 37.0 Å². The molecule has 29 heavy (non-hydrogen) atoms. The highest BCUT2D eigenvalue weighted by Gasteiger charge is 2.40. The number of carbonyl (C=O) groups is 3. The molecule has 0 saturated carbocycles.